The van der Waals surface area contributed by atoms with E-state index in [0.29, 0.717) is 22.6 Å². The first-order valence-electron chi connectivity index (χ1n) is 11.8. The Morgan fingerprint density at radius 1 is 0.447 bits per heavy atom. The van der Waals surface area contributed by atoms with Crippen LogP contribution in [0.5, 0.6) is 23.0 Å². The number of para-hydroxylation sites is 2. The monoisotopic (exact) mass is 502 g/mol. The Morgan fingerprint density at radius 3 is 1.16 bits per heavy atom. The first-order chi connectivity index (χ1) is 18.5. The Hall–Kier alpha value is -5.36. The molecule has 5 rings (SSSR count). The number of esters is 2. The van der Waals surface area contributed by atoms with E-state index < -0.39 is 11.9 Å². The molecule has 0 fully saturated rings. The zero-order chi connectivity index (χ0) is 26.5. The van der Waals surface area contributed by atoms with Crippen molar-refractivity contribution >= 4 is 11.9 Å². The molecule has 6 nitrogen and oxygen atoms in total. The lowest BCUT2D eigenvalue weighted by molar-refractivity contribution is 0.0721. The second kappa shape index (κ2) is 10.7. The van der Waals surface area contributed by atoms with Crippen LogP contribution >= 0.6 is 0 Å². The number of ether oxygens (including phenoxy) is 2. The SMILES string of the molecule is O=C(Oc1ccccc1-c1ccc(O)cc1)c1ccc(C(=O)Oc2ccccc2-c2ccc(O)cc2)cc1. The van der Waals surface area contributed by atoms with Crippen molar-refractivity contribution in [3.63, 3.8) is 0 Å². The number of phenolic OH excluding ortho intramolecular Hbond substituents is 2. The summed E-state index contributed by atoms with van der Waals surface area (Å²) in [5.41, 5.74) is 3.52. The number of benzene rings is 5. The van der Waals surface area contributed by atoms with Gasteiger partial charge in [0.15, 0.2) is 0 Å². The fourth-order valence-electron chi connectivity index (χ4n) is 3.93. The van der Waals surface area contributed by atoms with E-state index in [1.807, 2.05) is 24.3 Å². The molecule has 0 atom stereocenters. The molecule has 186 valence electrons. The standard InChI is InChI=1S/C32H22O6/c33-25-17-13-21(14-18-25)27-5-1-3-7-29(27)37-31(35)23-9-11-24(12-10-23)32(36)38-30-8-4-2-6-28(30)22-15-19-26(34)20-16-22/h1-20,33-34H. The molecule has 5 aromatic carbocycles. The summed E-state index contributed by atoms with van der Waals surface area (Å²) in [5.74, 6) is -0.117. The average molecular weight is 503 g/mol. The molecule has 0 aromatic heterocycles. The minimum absolute atomic E-state index is 0.144. The molecule has 0 amide bonds. The van der Waals surface area contributed by atoms with Gasteiger partial charge in [-0.05, 0) is 71.8 Å². The molecule has 0 aliphatic carbocycles. The maximum Gasteiger partial charge on any atom is 0.343 e. The number of phenols is 2. The van der Waals surface area contributed by atoms with Gasteiger partial charge in [-0.15, -0.1) is 0 Å². The van der Waals surface area contributed by atoms with E-state index in [0.717, 1.165) is 11.1 Å². The summed E-state index contributed by atoms with van der Waals surface area (Å²) in [6, 6.07) is 33.5. The lowest BCUT2D eigenvalue weighted by Crippen LogP contribution is -2.12. The summed E-state index contributed by atoms with van der Waals surface area (Å²) in [5, 5.41) is 19.1. The summed E-state index contributed by atoms with van der Waals surface area (Å²) >= 11 is 0. The summed E-state index contributed by atoms with van der Waals surface area (Å²) in [6.45, 7) is 0. The molecule has 0 saturated carbocycles. The van der Waals surface area contributed by atoms with E-state index in [1.54, 1.807) is 72.8 Å². The van der Waals surface area contributed by atoms with Crippen molar-refractivity contribution in [1.82, 2.24) is 0 Å². The number of carbonyl (C=O) groups excluding carboxylic acids is 2. The highest BCUT2D eigenvalue weighted by Crippen LogP contribution is 2.32. The maximum atomic E-state index is 12.9. The molecule has 5 aromatic rings. The highest BCUT2D eigenvalue weighted by atomic mass is 16.5. The lowest BCUT2D eigenvalue weighted by Gasteiger charge is -2.12. The third-order valence-corrected chi connectivity index (χ3v) is 5.89. The van der Waals surface area contributed by atoms with Crippen LogP contribution in [0.15, 0.2) is 121 Å². The molecule has 0 radical (unpaired) electrons. The predicted octanol–water partition coefficient (Wildman–Crippen LogP) is 6.87. The second-order valence-electron chi connectivity index (χ2n) is 8.44. The van der Waals surface area contributed by atoms with Crippen LogP contribution < -0.4 is 9.47 Å². The first kappa shape index (κ1) is 24.3. The summed E-state index contributed by atoms with van der Waals surface area (Å²) in [6.07, 6.45) is 0. The number of hydrogen-bond acceptors (Lipinski definition) is 6. The van der Waals surface area contributed by atoms with Crippen molar-refractivity contribution in [2.24, 2.45) is 0 Å². The van der Waals surface area contributed by atoms with E-state index in [-0.39, 0.29) is 22.6 Å². The summed E-state index contributed by atoms with van der Waals surface area (Å²) in [7, 11) is 0. The normalized spacial score (nSPS) is 10.5. The van der Waals surface area contributed by atoms with Crippen LogP contribution in [-0.4, -0.2) is 22.2 Å². The van der Waals surface area contributed by atoms with E-state index in [2.05, 4.69) is 0 Å². The summed E-state index contributed by atoms with van der Waals surface area (Å²) < 4.78 is 11.3. The van der Waals surface area contributed by atoms with Crippen molar-refractivity contribution in [3.05, 3.63) is 132 Å². The minimum Gasteiger partial charge on any atom is -0.508 e. The van der Waals surface area contributed by atoms with Crippen molar-refractivity contribution in [1.29, 1.82) is 0 Å². The Labute approximate surface area is 219 Å². The topological polar surface area (TPSA) is 93.1 Å². The Kier molecular flexibility index (Phi) is 6.87. The van der Waals surface area contributed by atoms with Gasteiger partial charge >= 0.3 is 11.9 Å². The van der Waals surface area contributed by atoms with Crippen LogP contribution in [-0.2, 0) is 0 Å². The lowest BCUT2D eigenvalue weighted by atomic mass is 10.0. The molecule has 0 bridgehead atoms. The van der Waals surface area contributed by atoms with Crippen LogP contribution in [0.4, 0.5) is 0 Å². The highest BCUT2D eigenvalue weighted by molar-refractivity contribution is 5.96. The van der Waals surface area contributed by atoms with Crippen LogP contribution in [0.2, 0.25) is 0 Å². The minimum atomic E-state index is -0.575. The van der Waals surface area contributed by atoms with Crippen molar-refractivity contribution in [2.75, 3.05) is 0 Å². The fraction of sp³-hybridized carbons (Fsp3) is 0. The number of carbonyl (C=O) groups is 2. The van der Waals surface area contributed by atoms with Gasteiger partial charge in [-0.25, -0.2) is 9.59 Å². The van der Waals surface area contributed by atoms with Gasteiger partial charge in [-0.2, -0.15) is 0 Å². The van der Waals surface area contributed by atoms with Crippen molar-refractivity contribution in [3.8, 4) is 45.3 Å². The third-order valence-electron chi connectivity index (χ3n) is 5.89. The van der Waals surface area contributed by atoms with Gasteiger partial charge in [0.2, 0.25) is 0 Å². The van der Waals surface area contributed by atoms with Crippen LogP contribution in [0.1, 0.15) is 20.7 Å². The van der Waals surface area contributed by atoms with Crippen LogP contribution in [0.25, 0.3) is 22.3 Å². The smallest absolute Gasteiger partial charge is 0.343 e. The van der Waals surface area contributed by atoms with Gasteiger partial charge in [-0.1, -0.05) is 60.7 Å². The quantitative estimate of drug-likeness (QED) is 0.194. The first-order valence-corrected chi connectivity index (χ1v) is 11.8. The summed E-state index contributed by atoms with van der Waals surface area (Å²) in [4.78, 5) is 25.7. The molecule has 0 aliphatic rings. The second-order valence-corrected chi connectivity index (χ2v) is 8.44. The van der Waals surface area contributed by atoms with Gasteiger partial charge in [-0.3, -0.25) is 0 Å². The average Bonchev–Trinajstić information content (AvgIpc) is 2.95. The number of rotatable bonds is 6. The Morgan fingerprint density at radius 2 is 0.789 bits per heavy atom. The van der Waals surface area contributed by atoms with E-state index in [9.17, 15) is 19.8 Å². The van der Waals surface area contributed by atoms with Crippen LogP contribution in [0.3, 0.4) is 0 Å². The van der Waals surface area contributed by atoms with E-state index in [4.69, 9.17) is 9.47 Å². The fourth-order valence-corrected chi connectivity index (χ4v) is 3.93. The van der Waals surface area contributed by atoms with Gasteiger partial charge in [0.05, 0.1) is 11.1 Å². The van der Waals surface area contributed by atoms with Gasteiger partial charge < -0.3 is 19.7 Å². The number of hydrogen-bond donors (Lipinski definition) is 2. The molecular formula is C32H22O6. The van der Waals surface area contributed by atoms with Crippen molar-refractivity contribution in [2.45, 2.75) is 0 Å². The maximum absolute atomic E-state index is 12.9. The molecule has 2 N–H and O–H groups in total. The van der Waals surface area contributed by atoms with Gasteiger partial charge in [0.25, 0.3) is 0 Å². The van der Waals surface area contributed by atoms with Gasteiger partial charge in [0.1, 0.15) is 23.0 Å². The van der Waals surface area contributed by atoms with E-state index >= 15 is 0 Å². The molecule has 0 aliphatic heterocycles. The Bertz CT molecular complexity index is 1470. The van der Waals surface area contributed by atoms with Crippen LogP contribution in [0, 0.1) is 0 Å². The Balaban J connectivity index is 1.30. The molecule has 0 spiro atoms. The third kappa shape index (κ3) is 5.39. The zero-order valence-corrected chi connectivity index (χ0v) is 20.1. The zero-order valence-electron chi connectivity index (χ0n) is 20.1. The van der Waals surface area contributed by atoms with Crippen molar-refractivity contribution < 1.29 is 29.3 Å². The largest absolute Gasteiger partial charge is 0.508 e. The predicted molar refractivity (Wildman–Crippen MR) is 143 cm³/mol. The molecule has 0 unspecified atom stereocenters. The highest BCUT2D eigenvalue weighted by Gasteiger charge is 2.16. The van der Waals surface area contributed by atoms with E-state index in [1.165, 1.54) is 24.3 Å². The molecule has 6 heteroatoms. The number of aromatic hydroxyl groups is 2. The molecule has 38 heavy (non-hydrogen) atoms. The van der Waals surface area contributed by atoms with Gasteiger partial charge in [0, 0.05) is 11.1 Å². The molecule has 0 saturated heterocycles. The molecular weight excluding hydrogens is 480 g/mol. The molecule has 0 heterocycles.